The van der Waals surface area contributed by atoms with Gasteiger partial charge in [-0.25, -0.2) is 9.18 Å². The highest BCUT2D eigenvalue weighted by Gasteiger charge is 2.39. The fourth-order valence-electron chi connectivity index (χ4n) is 3.04. The van der Waals surface area contributed by atoms with Gasteiger partial charge in [0.2, 0.25) is 0 Å². The zero-order valence-corrected chi connectivity index (χ0v) is 15.3. The number of hydrogen-bond acceptors (Lipinski definition) is 4. The van der Waals surface area contributed by atoms with E-state index in [9.17, 15) is 14.0 Å². The zero-order valence-electron chi connectivity index (χ0n) is 15.3. The predicted molar refractivity (Wildman–Crippen MR) is 91.7 cm³/mol. The van der Waals surface area contributed by atoms with Gasteiger partial charge >= 0.3 is 12.1 Å². The molecule has 1 unspecified atom stereocenters. The quantitative estimate of drug-likeness (QED) is 0.779. The normalized spacial score (nSPS) is 20.9. The minimum absolute atomic E-state index is 0.113. The number of halogens is 1. The van der Waals surface area contributed by atoms with Gasteiger partial charge in [-0.2, -0.15) is 0 Å². The van der Waals surface area contributed by atoms with E-state index >= 15 is 0 Å². The molecule has 0 radical (unpaired) electrons. The molecular weight excluding hydrogens is 325 g/mol. The van der Waals surface area contributed by atoms with E-state index in [0.717, 1.165) is 5.56 Å². The van der Waals surface area contributed by atoms with Crippen LogP contribution in [-0.2, 0) is 14.3 Å². The number of carbonyl (C=O) groups is 2. The number of benzene rings is 1. The molecule has 1 aliphatic heterocycles. The second-order valence-corrected chi connectivity index (χ2v) is 7.23. The van der Waals surface area contributed by atoms with Crippen LogP contribution in [0.15, 0.2) is 24.3 Å². The maximum Gasteiger partial charge on any atom is 0.410 e. The highest BCUT2D eigenvalue weighted by molar-refractivity contribution is 5.76. The third kappa shape index (κ3) is 5.18. The van der Waals surface area contributed by atoms with Crippen LogP contribution in [0.2, 0.25) is 0 Å². The molecule has 1 aliphatic rings. The zero-order chi connectivity index (χ0) is 18.6. The molecule has 2 rings (SSSR count). The number of likely N-dealkylation sites (tertiary alicyclic amines) is 1. The van der Waals surface area contributed by atoms with Crippen LogP contribution in [0.25, 0.3) is 0 Å². The Morgan fingerprint density at radius 1 is 1.24 bits per heavy atom. The smallest absolute Gasteiger partial charge is 0.410 e. The van der Waals surface area contributed by atoms with Crippen molar-refractivity contribution in [1.29, 1.82) is 0 Å². The van der Waals surface area contributed by atoms with E-state index in [-0.39, 0.29) is 30.9 Å². The summed E-state index contributed by atoms with van der Waals surface area (Å²) in [5, 5.41) is 0. The Hall–Kier alpha value is -2.11. The van der Waals surface area contributed by atoms with Crippen LogP contribution >= 0.6 is 0 Å². The average molecular weight is 351 g/mol. The number of nitrogens with zero attached hydrogens (tertiary/aromatic N) is 1. The number of amides is 1. The summed E-state index contributed by atoms with van der Waals surface area (Å²) in [4.78, 5) is 26.3. The first kappa shape index (κ1) is 19.2. The van der Waals surface area contributed by atoms with E-state index in [1.54, 1.807) is 44.7 Å². The van der Waals surface area contributed by atoms with Gasteiger partial charge in [0.1, 0.15) is 11.4 Å². The minimum atomic E-state index is -0.593. The summed E-state index contributed by atoms with van der Waals surface area (Å²) in [5.74, 6) is -1.27. The van der Waals surface area contributed by atoms with Gasteiger partial charge in [-0.05, 0) is 51.8 Å². The molecule has 0 saturated carbocycles. The Balaban J connectivity index is 2.18. The van der Waals surface area contributed by atoms with E-state index < -0.39 is 17.6 Å². The van der Waals surface area contributed by atoms with E-state index in [1.165, 1.54) is 12.1 Å². The lowest BCUT2D eigenvalue weighted by Gasteiger charge is -2.38. The van der Waals surface area contributed by atoms with Crippen molar-refractivity contribution in [2.45, 2.75) is 45.6 Å². The van der Waals surface area contributed by atoms with Crippen molar-refractivity contribution in [3.05, 3.63) is 35.6 Å². The Kier molecular flexibility index (Phi) is 6.03. The van der Waals surface area contributed by atoms with E-state index in [0.29, 0.717) is 13.0 Å². The van der Waals surface area contributed by atoms with Crippen molar-refractivity contribution >= 4 is 12.1 Å². The molecule has 0 aromatic heterocycles. The fourth-order valence-corrected chi connectivity index (χ4v) is 3.04. The summed E-state index contributed by atoms with van der Waals surface area (Å²) < 4.78 is 23.8. The summed E-state index contributed by atoms with van der Waals surface area (Å²) >= 11 is 0. The first-order chi connectivity index (χ1) is 11.7. The molecule has 1 saturated heterocycles. The number of esters is 1. The number of hydrogen-bond donors (Lipinski definition) is 0. The van der Waals surface area contributed by atoms with Crippen molar-refractivity contribution < 1.29 is 23.5 Å². The van der Waals surface area contributed by atoms with E-state index in [1.807, 2.05) is 0 Å². The van der Waals surface area contributed by atoms with Gasteiger partial charge in [0, 0.05) is 19.0 Å². The lowest BCUT2D eigenvalue weighted by molar-refractivity contribution is -0.150. The monoisotopic (exact) mass is 351 g/mol. The Morgan fingerprint density at radius 2 is 1.88 bits per heavy atom. The Morgan fingerprint density at radius 3 is 2.44 bits per heavy atom. The van der Waals surface area contributed by atoms with Gasteiger partial charge in [0.25, 0.3) is 0 Å². The van der Waals surface area contributed by atoms with Crippen molar-refractivity contribution in [3.63, 3.8) is 0 Å². The fraction of sp³-hybridized carbons (Fsp3) is 0.579. The molecule has 6 heteroatoms. The molecule has 0 aliphatic carbocycles. The summed E-state index contributed by atoms with van der Waals surface area (Å²) in [6.07, 6.45) is 0.160. The standard InChI is InChI=1S/C19H26FNO4/c1-5-24-17(22)16-12-21(18(23)25-19(2,3)4)11-10-15(16)13-6-8-14(20)9-7-13/h6-9,15-16H,5,10-12H2,1-4H3/t15?,16-/m0/s1. The Labute approximate surface area is 148 Å². The molecular formula is C19H26FNO4. The van der Waals surface area contributed by atoms with Crippen LogP contribution < -0.4 is 0 Å². The first-order valence-corrected chi connectivity index (χ1v) is 8.61. The second kappa shape index (κ2) is 7.85. The van der Waals surface area contributed by atoms with Gasteiger partial charge in [-0.1, -0.05) is 12.1 Å². The lowest BCUT2D eigenvalue weighted by Crippen LogP contribution is -2.47. The molecule has 0 bridgehead atoms. The van der Waals surface area contributed by atoms with Crippen molar-refractivity contribution in [3.8, 4) is 0 Å². The summed E-state index contributed by atoms with van der Waals surface area (Å²) in [7, 11) is 0. The van der Waals surface area contributed by atoms with Crippen LogP contribution in [-0.4, -0.2) is 42.3 Å². The summed E-state index contributed by atoms with van der Waals surface area (Å²) in [6.45, 7) is 8.15. The molecule has 0 spiro atoms. The van der Waals surface area contributed by atoms with Crippen molar-refractivity contribution in [1.82, 2.24) is 4.90 Å². The molecule has 2 atom stereocenters. The molecule has 0 N–H and O–H groups in total. The third-order valence-electron chi connectivity index (χ3n) is 4.15. The van der Waals surface area contributed by atoms with Crippen LogP contribution in [0.4, 0.5) is 9.18 Å². The van der Waals surface area contributed by atoms with Gasteiger partial charge in [-0.3, -0.25) is 4.79 Å². The van der Waals surface area contributed by atoms with E-state index in [4.69, 9.17) is 9.47 Å². The molecule has 1 aromatic carbocycles. The second-order valence-electron chi connectivity index (χ2n) is 7.23. The maximum atomic E-state index is 13.2. The minimum Gasteiger partial charge on any atom is -0.466 e. The number of ether oxygens (including phenoxy) is 2. The van der Waals surface area contributed by atoms with Gasteiger partial charge in [-0.15, -0.1) is 0 Å². The van der Waals surface area contributed by atoms with Crippen molar-refractivity contribution in [2.75, 3.05) is 19.7 Å². The van der Waals surface area contributed by atoms with Crippen LogP contribution in [0.1, 0.15) is 45.6 Å². The van der Waals surface area contributed by atoms with Crippen LogP contribution in [0, 0.1) is 11.7 Å². The van der Waals surface area contributed by atoms with Gasteiger partial charge in [0.15, 0.2) is 0 Å². The number of rotatable bonds is 3. The number of piperidine rings is 1. The first-order valence-electron chi connectivity index (χ1n) is 8.61. The third-order valence-corrected chi connectivity index (χ3v) is 4.15. The average Bonchev–Trinajstić information content (AvgIpc) is 2.54. The lowest BCUT2D eigenvalue weighted by atomic mass is 9.80. The molecule has 5 nitrogen and oxygen atoms in total. The molecule has 138 valence electrons. The molecule has 1 fully saturated rings. The molecule has 25 heavy (non-hydrogen) atoms. The van der Waals surface area contributed by atoms with E-state index in [2.05, 4.69) is 0 Å². The predicted octanol–water partition coefficient (Wildman–Crippen LogP) is 3.73. The summed E-state index contributed by atoms with van der Waals surface area (Å²) in [6, 6.07) is 6.15. The SMILES string of the molecule is CCOC(=O)[C@H]1CN(C(=O)OC(C)(C)C)CCC1c1ccc(F)cc1. The molecule has 1 aromatic rings. The topological polar surface area (TPSA) is 55.8 Å². The van der Waals surface area contributed by atoms with Gasteiger partial charge < -0.3 is 14.4 Å². The van der Waals surface area contributed by atoms with Crippen molar-refractivity contribution in [2.24, 2.45) is 5.92 Å². The van der Waals surface area contributed by atoms with Crippen LogP contribution in [0.3, 0.4) is 0 Å². The molecule has 1 heterocycles. The van der Waals surface area contributed by atoms with Gasteiger partial charge in [0.05, 0.1) is 12.5 Å². The summed E-state index contributed by atoms with van der Waals surface area (Å²) in [5.41, 5.74) is 0.285. The maximum absolute atomic E-state index is 13.2. The highest BCUT2D eigenvalue weighted by atomic mass is 19.1. The van der Waals surface area contributed by atoms with Crippen LogP contribution in [0.5, 0.6) is 0 Å². The Bertz CT molecular complexity index is 609. The largest absolute Gasteiger partial charge is 0.466 e. The highest BCUT2D eigenvalue weighted by Crippen LogP contribution is 2.34. The molecule has 1 amide bonds. The number of carbonyl (C=O) groups excluding carboxylic acids is 2.